The highest BCUT2D eigenvalue weighted by molar-refractivity contribution is 5.99. The Bertz CT molecular complexity index is 500. The van der Waals surface area contributed by atoms with Crippen molar-refractivity contribution in [3.8, 4) is 0 Å². The van der Waals surface area contributed by atoms with Crippen molar-refractivity contribution in [2.75, 3.05) is 13.6 Å². The first-order chi connectivity index (χ1) is 9.54. The average Bonchev–Trinajstić information content (AvgIpc) is 2.45. The molecule has 0 spiro atoms. The lowest BCUT2D eigenvalue weighted by atomic mass is 10.1. The molecule has 1 aromatic rings. The smallest absolute Gasteiger partial charge is 0.303 e. The third-order valence-corrected chi connectivity index (χ3v) is 2.72. The second-order valence-corrected chi connectivity index (χ2v) is 4.27. The molecule has 6 heteroatoms. The molecular formula is C14H18N2O4. The number of benzene rings is 1. The second kappa shape index (κ2) is 7.93. The Morgan fingerprint density at radius 1 is 1.10 bits per heavy atom. The van der Waals surface area contributed by atoms with E-state index in [1.807, 2.05) is 0 Å². The Morgan fingerprint density at radius 3 is 2.35 bits per heavy atom. The lowest BCUT2D eigenvalue weighted by Crippen LogP contribution is -2.25. The summed E-state index contributed by atoms with van der Waals surface area (Å²) in [5.41, 5.74) is 0.829. The molecule has 108 valence electrons. The molecule has 20 heavy (non-hydrogen) atoms. The van der Waals surface area contributed by atoms with Gasteiger partial charge in [-0.1, -0.05) is 6.07 Å². The van der Waals surface area contributed by atoms with Gasteiger partial charge >= 0.3 is 5.97 Å². The van der Waals surface area contributed by atoms with E-state index in [-0.39, 0.29) is 18.2 Å². The van der Waals surface area contributed by atoms with Gasteiger partial charge in [-0.3, -0.25) is 14.4 Å². The number of carbonyl (C=O) groups is 3. The van der Waals surface area contributed by atoms with Gasteiger partial charge in [0.05, 0.1) is 0 Å². The number of unbranched alkanes of at least 4 members (excludes halogenated alkanes) is 1. The van der Waals surface area contributed by atoms with E-state index in [1.54, 1.807) is 18.2 Å². The molecule has 0 unspecified atom stereocenters. The zero-order valence-corrected chi connectivity index (χ0v) is 11.3. The minimum Gasteiger partial charge on any atom is -0.481 e. The third kappa shape index (κ3) is 5.09. The van der Waals surface area contributed by atoms with Crippen molar-refractivity contribution in [1.82, 2.24) is 10.6 Å². The van der Waals surface area contributed by atoms with Crippen molar-refractivity contribution < 1.29 is 19.5 Å². The fraction of sp³-hybridized carbons (Fsp3) is 0.357. The highest BCUT2D eigenvalue weighted by atomic mass is 16.4. The number of amides is 2. The van der Waals surface area contributed by atoms with Crippen molar-refractivity contribution in [3.63, 3.8) is 0 Å². The zero-order chi connectivity index (χ0) is 15.0. The highest BCUT2D eigenvalue weighted by Gasteiger charge is 2.09. The molecule has 0 aliphatic heterocycles. The van der Waals surface area contributed by atoms with Crippen LogP contribution in [0.2, 0.25) is 0 Å². The van der Waals surface area contributed by atoms with E-state index in [2.05, 4.69) is 10.6 Å². The maximum Gasteiger partial charge on any atom is 0.303 e. The number of rotatable bonds is 7. The van der Waals surface area contributed by atoms with Gasteiger partial charge in [0.1, 0.15) is 0 Å². The van der Waals surface area contributed by atoms with Crippen LogP contribution in [0.3, 0.4) is 0 Å². The summed E-state index contributed by atoms with van der Waals surface area (Å²) in [6.45, 7) is 0.413. The molecule has 6 nitrogen and oxygen atoms in total. The molecule has 2 amide bonds. The van der Waals surface area contributed by atoms with Gasteiger partial charge < -0.3 is 15.7 Å². The van der Waals surface area contributed by atoms with Crippen molar-refractivity contribution >= 4 is 17.8 Å². The number of hydrogen-bond donors (Lipinski definition) is 3. The minimum absolute atomic E-state index is 0.0992. The maximum atomic E-state index is 11.8. The van der Waals surface area contributed by atoms with Gasteiger partial charge in [-0.05, 0) is 31.0 Å². The van der Waals surface area contributed by atoms with Gasteiger partial charge in [0, 0.05) is 31.1 Å². The normalized spacial score (nSPS) is 9.85. The summed E-state index contributed by atoms with van der Waals surface area (Å²) < 4.78 is 0. The van der Waals surface area contributed by atoms with Crippen LogP contribution in [0.4, 0.5) is 0 Å². The number of aliphatic carboxylic acids is 1. The zero-order valence-electron chi connectivity index (χ0n) is 11.3. The monoisotopic (exact) mass is 278 g/mol. The third-order valence-electron chi connectivity index (χ3n) is 2.72. The lowest BCUT2D eigenvalue weighted by molar-refractivity contribution is -0.137. The second-order valence-electron chi connectivity index (χ2n) is 4.27. The minimum atomic E-state index is -0.838. The van der Waals surface area contributed by atoms with Crippen molar-refractivity contribution in [1.29, 1.82) is 0 Å². The van der Waals surface area contributed by atoms with Crippen LogP contribution in [0.15, 0.2) is 24.3 Å². The van der Waals surface area contributed by atoms with Gasteiger partial charge in [0.25, 0.3) is 11.8 Å². The van der Waals surface area contributed by atoms with E-state index in [9.17, 15) is 14.4 Å². The van der Waals surface area contributed by atoms with Gasteiger partial charge in [0.15, 0.2) is 0 Å². The molecule has 0 heterocycles. The van der Waals surface area contributed by atoms with E-state index < -0.39 is 5.97 Å². The van der Waals surface area contributed by atoms with Crippen molar-refractivity contribution in [2.24, 2.45) is 0 Å². The molecular weight excluding hydrogens is 260 g/mol. The predicted molar refractivity (Wildman–Crippen MR) is 73.7 cm³/mol. The maximum absolute atomic E-state index is 11.8. The Morgan fingerprint density at radius 2 is 1.75 bits per heavy atom. The molecule has 0 radical (unpaired) electrons. The molecule has 0 saturated heterocycles. The first kappa shape index (κ1) is 15.7. The molecule has 3 N–H and O–H groups in total. The number of nitrogens with one attached hydrogen (secondary N) is 2. The number of carboxylic acid groups (broad SMARTS) is 1. The number of carboxylic acids is 1. The van der Waals surface area contributed by atoms with Gasteiger partial charge in [0.2, 0.25) is 0 Å². The highest BCUT2D eigenvalue weighted by Crippen LogP contribution is 2.05. The van der Waals surface area contributed by atoms with Gasteiger partial charge in [-0.2, -0.15) is 0 Å². The van der Waals surface area contributed by atoms with E-state index in [0.717, 1.165) is 0 Å². The molecule has 1 rings (SSSR count). The van der Waals surface area contributed by atoms with Crippen molar-refractivity contribution in [3.05, 3.63) is 35.4 Å². The van der Waals surface area contributed by atoms with E-state index in [1.165, 1.54) is 13.1 Å². The molecule has 1 aromatic carbocycles. The fourth-order valence-electron chi connectivity index (χ4n) is 1.65. The topological polar surface area (TPSA) is 95.5 Å². The molecule has 0 aliphatic rings. The van der Waals surface area contributed by atoms with Gasteiger partial charge in [-0.25, -0.2) is 0 Å². The Hall–Kier alpha value is -2.37. The first-order valence-electron chi connectivity index (χ1n) is 6.36. The van der Waals surface area contributed by atoms with Gasteiger partial charge in [-0.15, -0.1) is 0 Å². The summed E-state index contributed by atoms with van der Waals surface area (Å²) in [6, 6.07) is 6.41. The van der Waals surface area contributed by atoms with Crippen LogP contribution in [0.5, 0.6) is 0 Å². The molecule has 0 atom stereocenters. The van der Waals surface area contributed by atoms with Crippen LogP contribution < -0.4 is 10.6 Å². The van der Waals surface area contributed by atoms with Crippen LogP contribution in [0, 0.1) is 0 Å². The average molecular weight is 278 g/mol. The number of hydrogen-bond acceptors (Lipinski definition) is 3. The number of carbonyl (C=O) groups excluding carboxylic acids is 2. The summed E-state index contributed by atoms with van der Waals surface area (Å²) in [5.74, 6) is -1.36. The quantitative estimate of drug-likeness (QED) is 0.649. The Balaban J connectivity index is 2.47. The molecule has 0 saturated carbocycles. The summed E-state index contributed by atoms with van der Waals surface area (Å²) in [6.07, 6.45) is 1.23. The SMILES string of the molecule is CNC(=O)c1cccc(C(=O)NCCCCC(=O)O)c1. The first-order valence-corrected chi connectivity index (χ1v) is 6.36. The van der Waals surface area contributed by atoms with E-state index in [4.69, 9.17) is 5.11 Å². The van der Waals surface area contributed by atoms with Crippen LogP contribution in [-0.2, 0) is 4.79 Å². The largest absolute Gasteiger partial charge is 0.481 e. The fourth-order valence-corrected chi connectivity index (χ4v) is 1.65. The van der Waals surface area contributed by atoms with Crippen LogP contribution in [0.1, 0.15) is 40.0 Å². The summed E-state index contributed by atoms with van der Waals surface area (Å²) in [5, 5.41) is 13.7. The van der Waals surface area contributed by atoms with E-state index >= 15 is 0 Å². The Kier molecular flexibility index (Phi) is 6.22. The summed E-state index contributed by atoms with van der Waals surface area (Å²) in [7, 11) is 1.53. The summed E-state index contributed by atoms with van der Waals surface area (Å²) in [4.78, 5) is 33.6. The van der Waals surface area contributed by atoms with Crippen LogP contribution in [0.25, 0.3) is 0 Å². The molecule has 0 bridgehead atoms. The van der Waals surface area contributed by atoms with E-state index in [0.29, 0.717) is 30.5 Å². The van der Waals surface area contributed by atoms with Crippen LogP contribution >= 0.6 is 0 Å². The standard InChI is InChI=1S/C14H18N2O4/c1-15-13(19)10-5-4-6-11(9-10)14(20)16-8-3-2-7-12(17)18/h4-6,9H,2-3,7-8H2,1H3,(H,15,19)(H,16,20)(H,17,18). The predicted octanol–water partition coefficient (Wildman–Crippen LogP) is 1.03. The molecule has 0 fully saturated rings. The molecule has 0 aromatic heterocycles. The lowest BCUT2D eigenvalue weighted by Gasteiger charge is -2.06. The Labute approximate surface area is 117 Å². The van der Waals surface area contributed by atoms with Crippen molar-refractivity contribution in [2.45, 2.75) is 19.3 Å². The van der Waals surface area contributed by atoms with Crippen LogP contribution in [-0.4, -0.2) is 36.5 Å². The molecule has 0 aliphatic carbocycles. The summed E-state index contributed by atoms with van der Waals surface area (Å²) >= 11 is 0.